The quantitative estimate of drug-likeness (QED) is 0.729. The number of rotatable bonds is 6. The number of carbonyl (C=O) groups is 1. The van der Waals surface area contributed by atoms with Crippen molar-refractivity contribution in [3.63, 3.8) is 0 Å². The van der Waals surface area contributed by atoms with Crippen LogP contribution in [0.2, 0.25) is 0 Å². The van der Waals surface area contributed by atoms with Crippen LogP contribution >= 0.6 is 11.3 Å². The van der Waals surface area contributed by atoms with E-state index in [0.717, 1.165) is 23.8 Å². The Balaban J connectivity index is 1.85. The number of hydrogen-bond acceptors (Lipinski definition) is 6. The van der Waals surface area contributed by atoms with E-state index in [1.807, 2.05) is 49.1 Å². The molecular formula is C17H19N5O2S. The van der Waals surface area contributed by atoms with Crippen molar-refractivity contribution in [3.05, 3.63) is 58.0 Å². The first-order chi connectivity index (χ1) is 12.1. The van der Waals surface area contributed by atoms with Gasteiger partial charge in [0.2, 0.25) is 10.1 Å². The van der Waals surface area contributed by atoms with Crippen LogP contribution in [0.5, 0.6) is 0 Å². The summed E-state index contributed by atoms with van der Waals surface area (Å²) in [6.45, 7) is 5.97. The van der Waals surface area contributed by atoms with Gasteiger partial charge in [0.1, 0.15) is 5.56 Å². The van der Waals surface area contributed by atoms with Crippen LogP contribution in [0, 0.1) is 0 Å². The molecular weight excluding hydrogens is 338 g/mol. The largest absolute Gasteiger partial charge is 0.348 e. The summed E-state index contributed by atoms with van der Waals surface area (Å²) in [5.74, 6) is -0.451. The maximum Gasteiger partial charge on any atom is 0.288 e. The summed E-state index contributed by atoms with van der Waals surface area (Å²) < 4.78 is 1.20. The Kier molecular flexibility index (Phi) is 5.08. The van der Waals surface area contributed by atoms with E-state index in [4.69, 9.17) is 0 Å². The summed E-state index contributed by atoms with van der Waals surface area (Å²) in [4.78, 5) is 31.7. The molecule has 3 rings (SSSR count). The molecule has 2 heterocycles. The molecule has 2 aromatic heterocycles. The fourth-order valence-corrected chi connectivity index (χ4v) is 3.42. The molecule has 1 amide bonds. The highest BCUT2D eigenvalue weighted by Crippen LogP contribution is 2.20. The zero-order valence-corrected chi connectivity index (χ0v) is 14.9. The van der Waals surface area contributed by atoms with Crippen LogP contribution in [0.25, 0.3) is 4.96 Å². The second-order valence-corrected chi connectivity index (χ2v) is 6.33. The molecule has 0 saturated heterocycles. The molecule has 7 nitrogen and oxygen atoms in total. The van der Waals surface area contributed by atoms with Gasteiger partial charge in [0.05, 0.1) is 0 Å². The number of nitrogens with zero attached hydrogens (tertiary/aromatic N) is 4. The number of aromatic nitrogens is 3. The van der Waals surface area contributed by atoms with Gasteiger partial charge in [-0.2, -0.15) is 4.52 Å². The van der Waals surface area contributed by atoms with Crippen molar-refractivity contribution in [2.45, 2.75) is 20.4 Å². The lowest BCUT2D eigenvalue weighted by Crippen LogP contribution is -2.31. The minimum atomic E-state index is -0.454. The minimum absolute atomic E-state index is 0.00942. The Hall–Kier alpha value is -2.74. The van der Waals surface area contributed by atoms with Crippen molar-refractivity contribution >= 4 is 27.3 Å². The van der Waals surface area contributed by atoms with Crippen molar-refractivity contribution in [2.75, 3.05) is 18.0 Å². The van der Waals surface area contributed by atoms with Gasteiger partial charge in [0, 0.05) is 25.8 Å². The van der Waals surface area contributed by atoms with E-state index >= 15 is 0 Å². The van der Waals surface area contributed by atoms with Gasteiger partial charge >= 0.3 is 0 Å². The van der Waals surface area contributed by atoms with Gasteiger partial charge in [-0.1, -0.05) is 41.7 Å². The molecule has 3 aromatic rings. The van der Waals surface area contributed by atoms with Gasteiger partial charge in [0.25, 0.3) is 11.5 Å². The molecule has 0 aliphatic heterocycles. The number of nitrogens with one attached hydrogen (secondary N) is 1. The third-order valence-corrected chi connectivity index (χ3v) is 4.83. The second kappa shape index (κ2) is 7.43. The predicted octanol–water partition coefficient (Wildman–Crippen LogP) is 1.93. The highest BCUT2D eigenvalue weighted by Gasteiger charge is 2.17. The maximum absolute atomic E-state index is 12.6. The SMILES string of the molecule is CCN(CC)c1nn2c(=O)c(C(=O)NCc3ccccc3)cnc2s1. The van der Waals surface area contributed by atoms with E-state index < -0.39 is 11.5 Å². The van der Waals surface area contributed by atoms with Crippen LogP contribution in [0.1, 0.15) is 29.8 Å². The van der Waals surface area contributed by atoms with Crippen LogP contribution < -0.4 is 15.8 Å². The van der Waals surface area contributed by atoms with Crippen molar-refractivity contribution in [1.82, 2.24) is 19.9 Å². The Bertz CT molecular complexity index is 931. The highest BCUT2D eigenvalue weighted by atomic mass is 32.1. The zero-order valence-electron chi connectivity index (χ0n) is 14.1. The molecule has 0 aliphatic carbocycles. The van der Waals surface area contributed by atoms with Crippen molar-refractivity contribution in [2.24, 2.45) is 0 Å². The van der Waals surface area contributed by atoms with Gasteiger partial charge in [-0.05, 0) is 19.4 Å². The molecule has 0 aliphatic rings. The molecule has 1 N–H and O–H groups in total. The van der Waals surface area contributed by atoms with Crippen LogP contribution in [0.15, 0.2) is 41.3 Å². The smallest absolute Gasteiger partial charge is 0.288 e. The van der Waals surface area contributed by atoms with Crippen LogP contribution in [-0.2, 0) is 6.54 Å². The molecule has 0 unspecified atom stereocenters. The third-order valence-electron chi connectivity index (χ3n) is 3.85. The molecule has 0 fully saturated rings. The third kappa shape index (κ3) is 3.53. The lowest BCUT2D eigenvalue weighted by atomic mass is 10.2. The fraction of sp³-hybridized carbons (Fsp3) is 0.294. The van der Waals surface area contributed by atoms with Gasteiger partial charge in [-0.3, -0.25) is 9.59 Å². The van der Waals surface area contributed by atoms with Gasteiger partial charge in [-0.15, -0.1) is 5.10 Å². The summed E-state index contributed by atoms with van der Waals surface area (Å²) in [7, 11) is 0. The summed E-state index contributed by atoms with van der Waals surface area (Å²) in [6, 6.07) is 9.52. The molecule has 8 heteroatoms. The average molecular weight is 357 g/mol. The Morgan fingerprint density at radius 2 is 1.96 bits per heavy atom. The Morgan fingerprint density at radius 3 is 2.64 bits per heavy atom. The zero-order chi connectivity index (χ0) is 17.8. The average Bonchev–Trinajstić information content (AvgIpc) is 3.07. The van der Waals surface area contributed by atoms with E-state index in [0.29, 0.717) is 11.5 Å². The van der Waals surface area contributed by atoms with Gasteiger partial charge in [-0.25, -0.2) is 4.98 Å². The van der Waals surface area contributed by atoms with E-state index in [9.17, 15) is 9.59 Å². The normalized spacial score (nSPS) is 10.8. The lowest BCUT2D eigenvalue weighted by Gasteiger charge is -2.15. The fourth-order valence-electron chi connectivity index (χ4n) is 2.43. The second-order valence-electron chi connectivity index (χ2n) is 5.40. The van der Waals surface area contributed by atoms with Crippen LogP contribution in [-0.4, -0.2) is 33.6 Å². The number of anilines is 1. The molecule has 0 spiro atoms. The minimum Gasteiger partial charge on any atom is -0.348 e. The van der Waals surface area contributed by atoms with E-state index in [1.165, 1.54) is 22.0 Å². The summed E-state index contributed by atoms with van der Waals surface area (Å²) in [5.41, 5.74) is 0.498. The van der Waals surface area contributed by atoms with Crippen LogP contribution in [0.3, 0.4) is 0 Å². The molecule has 0 bridgehead atoms. The van der Waals surface area contributed by atoms with Gasteiger partial charge < -0.3 is 10.2 Å². The van der Waals surface area contributed by atoms with Crippen molar-refractivity contribution in [1.29, 1.82) is 0 Å². The maximum atomic E-state index is 12.6. The first-order valence-electron chi connectivity index (χ1n) is 8.10. The molecule has 0 saturated carbocycles. The summed E-state index contributed by atoms with van der Waals surface area (Å²) in [5, 5.41) is 7.79. The van der Waals surface area contributed by atoms with Crippen LogP contribution in [0.4, 0.5) is 5.13 Å². The first kappa shape index (κ1) is 17.1. The number of amides is 1. The van der Waals surface area contributed by atoms with E-state index in [2.05, 4.69) is 15.4 Å². The Morgan fingerprint density at radius 1 is 1.24 bits per heavy atom. The molecule has 0 atom stereocenters. The predicted molar refractivity (Wildman–Crippen MR) is 98.3 cm³/mol. The topological polar surface area (TPSA) is 79.6 Å². The number of fused-ring (bicyclic) bond motifs is 1. The lowest BCUT2D eigenvalue weighted by molar-refractivity contribution is 0.0948. The molecule has 130 valence electrons. The number of carbonyl (C=O) groups excluding carboxylic acids is 1. The molecule has 1 aromatic carbocycles. The highest BCUT2D eigenvalue weighted by molar-refractivity contribution is 7.20. The van der Waals surface area contributed by atoms with E-state index in [1.54, 1.807) is 0 Å². The summed E-state index contributed by atoms with van der Waals surface area (Å²) in [6.07, 6.45) is 1.32. The molecule has 0 radical (unpaired) electrons. The van der Waals surface area contributed by atoms with Crippen molar-refractivity contribution < 1.29 is 4.79 Å². The first-order valence-corrected chi connectivity index (χ1v) is 8.91. The monoisotopic (exact) mass is 357 g/mol. The van der Waals surface area contributed by atoms with Gasteiger partial charge in [0.15, 0.2) is 0 Å². The van der Waals surface area contributed by atoms with Crippen molar-refractivity contribution in [3.8, 4) is 0 Å². The number of hydrogen-bond donors (Lipinski definition) is 1. The Labute approximate surface area is 148 Å². The number of benzene rings is 1. The van der Waals surface area contributed by atoms with E-state index in [-0.39, 0.29) is 5.56 Å². The molecule has 25 heavy (non-hydrogen) atoms. The summed E-state index contributed by atoms with van der Waals surface area (Å²) >= 11 is 1.33. The standard InChI is InChI=1S/C17H19N5O2S/c1-3-21(4-2)17-20-22-15(24)13(11-19-16(22)25-17)14(23)18-10-12-8-6-5-7-9-12/h5-9,11H,3-4,10H2,1-2H3,(H,18,23).